The van der Waals surface area contributed by atoms with E-state index in [1.807, 2.05) is 17.9 Å². The van der Waals surface area contributed by atoms with Crippen LogP contribution in [0, 0.1) is 0 Å². The molecule has 2 N–H and O–H groups in total. The minimum absolute atomic E-state index is 0.0803. The van der Waals surface area contributed by atoms with E-state index in [1.54, 1.807) is 0 Å². The molecule has 0 saturated carbocycles. The van der Waals surface area contributed by atoms with Gasteiger partial charge in [0.2, 0.25) is 0 Å². The number of hydrogen-bond acceptors (Lipinski definition) is 3. The monoisotopic (exact) mass is 208 g/mol. The highest BCUT2D eigenvalue weighted by Crippen LogP contribution is 2.24. The average molecular weight is 208 g/mol. The van der Waals surface area contributed by atoms with Crippen molar-refractivity contribution in [1.82, 2.24) is 14.7 Å². The van der Waals surface area contributed by atoms with Gasteiger partial charge in [-0.25, -0.2) is 0 Å². The molecule has 4 heteroatoms. The van der Waals surface area contributed by atoms with Crippen LogP contribution in [0.15, 0.2) is 12.4 Å². The Balaban J connectivity index is 1.80. The third-order valence-electron chi connectivity index (χ3n) is 2.99. The van der Waals surface area contributed by atoms with Crippen LogP contribution in [0.25, 0.3) is 0 Å². The lowest BCUT2D eigenvalue weighted by molar-refractivity contribution is 0.0567. The topological polar surface area (TPSA) is 47.1 Å². The van der Waals surface area contributed by atoms with Gasteiger partial charge in [0.1, 0.15) is 0 Å². The van der Waals surface area contributed by atoms with Gasteiger partial charge in [-0.2, -0.15) is 5.10 Å². The Hall–Kier alpha value is -0.870. The fourth-order valence-corrected chi connectivity index (χ4v) is 2.42. The summed E-state index contributed by atoms with van der Waals surface area (Å²) in [5.41, 5.74) is 7.55. The zero-order valence-electron chi connectivity index (χ0n) is 9.61. The fraction of sp³-hybridized carbons (Fsp3) is 0.727. The van der Waals surface area contributed by atoms with Gasteiger partial charge in [-0.05, 0) is 6.42 Å². The first-order valence-electron chi connectivity index (χ1n) is 5.60. The Morgan fingerprint density at radius 3 is 2.80 bits per heavy atom. The maximum Gasteiger partial charge on any atom is 0.0534 e. The molecule has 0 atom stereocenters. The Kier molecular flexibility index (Phi) is 2.80. The molecule has 2 heterocycles. The predicted octanol–water partition coefficient (Wildman–Crippen LogP) is 0.733. The van der Waals surface area contributed by atoms with Gasteiger partial charge in [0, 0.05) is 44.0 Å². The van der Waals surface area contributed by atoms with Crippen LogP contribution in [0.4, 0.5) is 0 Å². The zero-order valence-corrected chi connectivity index (χ0v) is 9.61. The second-order valence-electron chi connectivity index (χ2n) is 4.78. The molecule has 1 aliphatic rings. The van der Waals surface area contributed by atoms with Crippen LogP contribution in [0.3, 0.4) is 0 Å². The first-order chi connectivity index (χ1) is 7.11. The Bertz CT molecular complexity index is 325. The third kappa shape index (κ3) is 2.38. The SMILES string of the molecule is CCCC1(N)CN(Cc2cnn(C)c2)C1. The van der Waals surface area contributed by atoms with Crippen molar-refractivity contribution in [1.29, 1.82) is 0 Å². The molecule has 4 nitrogen and oxygen atoms in total. The molecule has 1 aliphatic heterocycles. The summed E-state index contributed by atoms with van der Waals surface area (Å²) in [4.78, 5) is 2.38. The first kappa shape index (κ1) is 10.6. The van der Waals surface area contributed by atoms with Gasteiger partial charge < -0.3 is 5.73 Å². The van der Waals surface area contributed by atoms with Gasteiger partial charge in [-0.3, -0.25) is 9.58 Å². The summed E-state index contributed by atoms with van der Waals surface area (Å²) in [6.07, 6.45) is 6.31. The lowest BCUT2D eigenvalue weighted by Gasteiger charge is -2.47. The van der Waals surface area contributed by atoms with Crippen LogP contribution < -0.4 is 5.73 Å². The van der Waals surface area contributed by atoms with E-state index in [9.17, 15) is 0 Å². The molecule has 0 spiro atoms. The molecule has 0 aliphatic carbocycles. The van der Waals surface area contributed by atoms with Crippen molar-refractivity contribution in [2.24, 2.45) is 12.8 Å². The molecule has 1 fully saturated rings. The van der Waals surface area contributed by atoms with Crippen molar-refractivity contribution < 1.29 is 0 Å². The number of likely N-dealkylation sites (tertiary alicyclic amines) is 1. The molecule has 0 unspecified atom stereocenters. The molecule has 2 rings (SSSR count). The number of aromatic nitrogens is 2. The third-order valence-corrected chi connectivity index (χ3v) is 2.99. The molecule has 1 aromatic rings. The van der Waals surface area contributed by atoms with Crippen molar-refractivity contribution in [3.63, 3.8) is 0 Å². The molecule has 0 radical (unpaired) electrons. The van der Waals surface area contributed by atoms with Crippen molar-refractivity contribution in [2.45, 2.75) is 31.8 Å². The van der Waals surface area contributed by atoms with Gasteiger partial charge in [0.15, 0.2) is 0 Å². The zero-order chi connectivity index (χ0) is 10.9. The summed E-state index contributed by atoms with van der Waals surface area (Å²) < 4.78 is 1.84. The molecule has 0 aromatic carbocycles. The Morgan fingerprint density at radius 2 is 2.27 bits per heavy atom. The number of hydrogen-bond donors (Lipinski definition) is 1. The number of aryl methyl sites for hydroxylation is 1. The highest BCUT2D eigenvalue weighted by atomic mass is 15.3. The minimum atomic E-state index is 0.0803. The van der Waals surface area contributed by atoms with Gasteiger partial charge in [-0.15, -0.1) is 0 Å². The van der Waals surface area contributed by atoms with E-state index in [-0.39, 0.29) is 5.54 Å². The number of nitrogens with zero attached hydrogens (tertiary/aromatic N) is 3. The van der Waals surface area contributed by atoms with E-state index in [2.05, 4.69) is 23.1 Å². The van der Waals surface area contributed by atoms with Crippen LogP contribution in [0.5, 0.6) is 0 Å². The number of nitrogens with two attached hydrogens (primary N) is 1. The van der Waals surface area contributed by atoms with Crippen molar-refractivity contribution in [2.75, 3.05) is 13.1 Å². The molecule has 84 valence electrons. The Morgan fingerprint density at radius 1 is 1.53 bits per heavy atom. The quantitative estimate of drug-likeness (QED) is 0.793. The molecule has 0 amide bonds. The second kappa shape index (κ2) is 3.94. The summed E-state index contributed by atoms with van der Waals surface area (Å²) in [6.45, 7) is 5.22. The van der Waals surface area contributed by atoms with E-state index in [1.165, 1.54) is 12.0 Å². The van der Waals surface area contributed by atoms with Crippen LogP contribution in [0.2, 0.25) is 0 Å². The van der Waals surface area contributed by atoms with Crippen molar-refractivity contribution in [3.8, 4) is 0 Å². The summed E-state index contributed by atoms with van der Waals surface area (Å²) in [5.74, 6) is 0. The lowest BCUT2D eigenvalue weighted by Crippen LogP contribution is -2.66. The first-order valence-corrected chi connectivity index (χ1v) is 5.60. The summed E-state index contributed by atoms with van der Waals surface area (Å²) in [5, 5.41) is 4.16. The van der Waals surface area contributed by atoms with Gasteiger partial charge >= 0.3 is 0 Å². The van der Waals surface area contributed by atoms with Gasteiger partial charge in [-0.1, -0.05) is 13.3 Å². The lowest BCUT2D eigenvalue weighted by atomic mass is 9.86. The maximum absolute atomic E-state index is 6.20. The molecule has 15 heavy (non-hydrogen) atoms. The van der Waals surface area contributed by atoms with Crippen molar-refractivity contribution >= 4 is 0 Å². The predicted molar refractivity (Wildman–Crippen MR) is 60.3 cm³/mol. The smallest absolute Gasteiger partial charge is 0.0534 e. The van der Waals surface area contributed by atoms with Crippen LogP contribution in [0.1, 0.15) is 25.3 Å². The minimum Gasteiger partial charge on any atom is -0.323 e. The normalized spacial score (nSPS) is 20.2. The number of rotatable bonds is 4. The van der Waals surface area contributed by atoms with Crippen LogP contribution in [-0.4, -0.2) is 33.3 Å². The van der Waals surface area contributed by atoms with E-state index >= 15 is 0 Å². The van der Waals surface area contributed by atoms with Gasteiger partial charge in [0.05, 0.1) is 6.20 Å². The van der Waals surface area contributed by atoms with E-state index < -0.39 is 0 Å². The molecular weight excluding hydrogens is 188 g/mol. The summed E-state index contributed by atoms with van der Waals surface area (Å²) in [7, 11) is 1.95. The van der Waals surface area contributed by atoms with E-state index in [0.717, 1.165) is 26.1 Å². The van der Waals surface area contributed by atoms with Crippen LogP contribution in [-0.2, 0) is 13.6 Å². The van der Waals surface area contributed by atoms with E-state index in [4.69, 9.17) is 5.73 Å². The fourth-order valence-electron chi connectivity index (χ4n) is 2.42. The Labute approximate surface area is 91.1 Å². The highest BCUT2D eigenvalue weighted by Gasteiger charge is 2.38. The van der Waals surface area contributed by atoms with Crippen LogP contribution >= 0.6 is 0 Å². The average Bonchev–Trinajstić information content (AvgIpc) is 2.49. The maximum atomic E-state index is 6.20. The summed E-state index contributed by atoms with van der Waals surface area (Å²) in [6, 6.07) is 0. The van der Waals surface area contributed by atoms with Gasteiger partial charge in [0.25, 0.3) is 0 Å². The molecule has 0 bridgehead atoms. The molecule has 1 saturated heterocycles. The molecule has 1 aromatic heterocycles. The second-order valence-corrected chi connectivity index (χ2v) is 4.78. The largest absolute Gasteiger partial charge is 0.323 e. The summed E-state index contributed by atoms with van der Waals surface area (Å²) >= 11 is 0. The van der Waals surface area contributed by atoms with E-state index in [0.29, 0.717) is 0 Å². The standard InChI is InChI=1S/C11H20N4/c1-3-4-11(12)8-15(9-11)7-10-5-13-14(2)6-10/h5-6H,3-4,7-9,12H2,1-2H3. The molecular formula is C11H20N4. The highest BCUT2D eigenvalue weighted by molar-refractivity contribution is 5.07. The van der Waals surface area contributed by atoms with Crippen molar-refractivity contribution in [3.05, 3.63) is 18.0 Å².